The number of hydrogen-bond donors (Lipinski definition) is 2. The minimum Gasteiger partial charge on any atom is -0.443 e. The van der Waals surface area contributed by atoms with Crippen LogP contribution in [0.25, 0.3) is 0 Å². The first-order valence-corrected chi connectivity index (χ1v) is 5.75. The lowest BCUT2D eigenvalue weighted by Gasteiger charge is -2.09. The third-order valence-electron chi connectivity index (χ3n) is 2.99. The molecule has 0 bridgehead atoms. The van der Waals surface area contributed by atoms with Crippen LogP contribution in [0.2, 0.25) is 0 Å². The van der Waals surface area contributed by atoms with Crippen molar-refractivity contribution in [3.8, 4) is 0 Å². The van der Waals surface area contributed by atoms with Gasteiger partial charge in [-0.2, -0.15) is 0 Å². The van der Waals surface area contributed by atoms with Crippen LogP contribution in [0.15, 0.2) is 42.5 Å². The summed E-state index contributed by atoms with van der Waals surface area (Å²) in [6, 6.07) is 11.6. The van der Waals surface area contributed by atoms with Gasteiger partial charge >= 0.3 is 6.92 Å². The van der Waals surface area contributed by atoms with E-state index in [0.29, 0.717) is 16.5 Å². The molecule has 0 saturated carbocycles. The molecule has 0 unspecified atom stereocenters. The minimum atomic E-state index is -0.854. The number of halogens is 1. The van der Waals surface area contributed by atoms with Crippen LogP contribution in [0.5, 0.6) is 0 Å². The Bertz CT molecular complexity index is 540. The summed E-state index contributed by atoms with van der Waals surface area (Å²) in [7, 11) is 0. The Kier molecular flexibility index (Phi) is 3.79. The van der Waals surface area contributed by atoms with Crippen LogP contribution < -0.4 is 10.9 Å². The van der Waals surface area contributed by atoms with Crippen LogP contribution in [0.3, 0.4) is 0 Å². The second kappa shape index (κ2) is 5.33. The molecule has 0 saturated heterocycles. The van der Waals surface area contributed by atoms with Gasteiger partial charge in [0, 0.05) is 0 Å². The smallest absolute Gasteiger partial charge is 0.359 e. The molecule has 0 heterocycles. The lowest BCUT2D eigenvalue weighted by molar-refractivity contribution is 0.282. The Morgan fingerprint density at radius 3 is 2.22 bits per heavy atom. The molecule has 18 heavy (non-hydrogen) atoms. The SMILES string of the molecule is Cc1ccc(B(O)c2ccc(CO)cc2)cc1F. The summed E-state index contributed by atoms with van der Waals surface area (Å²) in [4.78, 5) is 0. The first-order chi connectivity index (χ1) is 8.61. The van der Waals surface area contributed by atoms with Crippen LogP contribution in [-0.2, 0) is 6.61 Å². The fourth-order valence-corrected chi connectivity index (χ4v) is 1.78. The molecule has 0 aliphatic rings. The van der Waals surface area contributed by atoms with Crippen LogP contribution in [0, 0.1) is 12.7 Å². The van der Waals surface area contributed by atoms with Crippen molar-refractivity contribution in [1.29, 1.82) is 0 Å². The molecule has 2 aromatic rings. The average molecular weight is 244 g/mol. The second-order valence-electron chi connectivity index (χ2n) is 4.31. The number of aliphatic hydroxyl groups excluding tert-OH is 1. The molecule has 0 aliphatic carbocycles. The van der Waals surface area contributed by atoms with E-state index in [9.17, 15) is 9.41 Å². The Hall–Kier alpha value is -1.65. The number of aliphatic hydroxyl groups is 1. The van der Waals surface area contributed by atoms with Crippen LogP contribution in [0.4, 0.5) is 4.39 Å². The summed E-state index contributed by atoms with van der Waals surface area (Å²) in [6.45, 7) is 0.796. The summed E-state index contributed by atoms with van der Waals surface area (Å²) >= 11 is 0. The van der Waals surface area contributed by atoms with Gasteiger partial charge in [-0.05, 0) is 35.0 Å². The van der Waals surface area contributed by atoms with E-state index < -0.39 is 6.92 Å². The first kappa shape index (κ1) is 12.8. The summed E-state index contributed by atoms with van der Waals surface area (Å²) < 4.78 is 13.4. The highest BCUT2D eigenvalue weighted by Gasteiger charge is 2.17. The number of hydrogen-bond acceptors (Lipinski definition) is 2. The van der Waals surface area contributed by atoms with Gasteiger partial charge in [-0.3, -0.25) is 0 Å². The standard InChI is InChI=1S/C14H14BFO2/c1-10-2-5-13(8-14(10)16)15(18)12-6-3-11(9-17)4-7-12/h2-8,17-18H,9H2,1H3. The highest BCUT2D eigenvalue weighted by Crippen LogP contribution is 2.03. The predicted octanol–water partition coefficient (Wildman–Crippen LogP) is 0.724. The van der Waals surface area contributed by atoms with Crippen LogP contribution in [-0.4, -0.2) is 17.0 Å². The largest absolute Gasteiger partial charge is 0.443 e. The molecule has 2 aromatic carbocycles. The lowest BCUT2D eigenvalue weighted by atomic mass is 9.56. The van der Waals surface area contributed by atoms with Gasteiger partial charge in [0.1, 0.15) is 5.82 Å². The van der Waals surface area contributed by atoms with Crippen molar-refractivity contribution in [2.45, 2.75) is 13.5 Å². The number of aryl methyl sites for hydroxylation is 1. The van der Waals surface area contributed by atoms with Gasteiger partial charge in [-0.25, -0.2) is 4.39 Å². The Labute approximate surface area is 106 Å². The van der Waals surface area contributed by atoms with Crippen molar-refractivity contribution in [1.82, 2.24) is 0 Å². The number of benzene rings is 2. The minimum absolute atomic E-state index is 0.0322. The molecule has 0 fully saturated rings. The topological polar surface area (TPSA) is 40.5 Å². The first-order valence-electron chi connectivity index (χ1n) is 5.75. The molecule has 2 rings (SSSR count). The zero-order valence-electron chi connectivity index (χ0n) is 10.1. The summed E-state index contributed by atoms with van der Waals surface area (Å²) in [5, 5.41) is 19.1. The third-order valence-corrected chi connectivity index (χ3v) is 2.99. The van der Waals surface area contributed by atoms with Gasteiger partial charge in [0.2, 0.25) is 0 Å². The molecular formula is C14H14BFO2. The van der Waals surface area contributed by atoms with Crippen molar-refractivity contribution in [2.24, 2.45) is 0 Å². The Balaban J connectivity index is 2.28. The fourth-order valence-electron chi connectivity index (χ4n) is 1.78. The van der Waals surface area contributed by atoms with Gasteiger partial charge in [0.25, 0.3) is 0 Å². The van der Waals surface area contributed by atoms with Crippen molar-refractivity contribution in [3.05, 3.63) is 59.4 Å². The van der Waals surface area contributed by atoms with Gasteiger partial charge in [-0.15, -0.1) is 0 Å². The molecule has 0 spiro atoms. The molecular weight excluding hydrogens is 230 g/mol. The van der Waals surface area contributed by atoms with Gasteiger partial charge in [0.05, 0.1) is 6.61 Å². The quantitative estimate of drug-likeness (QED) is 0.781. The van der Waals surface area contributed by atoms with Gasteiger partial charge < -0.3 is 10.1 Å². The molecule has 4 heteroatoms. The predicted molar refractivity (Wildman–Crippen MR) is 70.7 cm³/mol. The monoisotopic (exact) mass is 244 g/mol. The number of rotatable bonds is 3. The van der Waals surface area contributed by atoms with Crippen molar-refractivity contribution >= 4 is 17.8 Å². The molecule has 2 N–H and O–H groups in total. The van der Waals surface area contributed by atoms with E-state index in [1.807, 2.05) is 0 Å². The van der Waals surface area contributed by atoms with Crippen molar-refractivity contribution in [2.75, 3.05) is 0 Å². The van der Waals surface area contributed by atoms with E-state index in [-0.39, 0.29) is 12.4 Å². The molecule has 0 radical (unpaired) electrons. The Morgan fingerprint density at radius 2 is 1.67 bits per heavy atom. The van der Waals surface area contributed by atoms with Gasteiger partial charge in [0.15, 0.2) is 0 Å². The second-order valence-corrected chi connectivity index (χ2v) is 4.31. The maximum Gasteiger partial charge on any atom is 0.359 e. The maximum atomic E-state index is 13.4. The van der Waals surface area contributed by atoms with Crippen LogP contribution >= 0.6 is 0 Å². The fraction of sp³-hybridized carbons (Fsp3) is 0.143. The van der Waals surface area contributed by atoms with Gasteiger partial charge in [-0.1, -0.05) is 36.4 Å². The van der Waals surface area contributed by atoms with E-state index in [2.05, 4.69) is 0 Å². The molecule has 0 atom stereocenters. The average Bonchev–Trinajstić information content (AvgIpc) is 2.41. The molecule has 92 valence electrons. The lowest BCUT2D eigenvalue weighted by Crippen LogP contribution is -2.42. The maximum absolute atomic E-state index is 13.4. The van der Waals surface area contributed by atoms with Crippen molar-refractivity contribution < 1.29 is 14.5 Å². The molecule has 2 nitrogen and oxygen atoms in total. The van der Waals surface area contributed by atoms with E-state index in [1.165, 1.54) is 6.07 Å². The van der Waals surface area contributed by atoms with Crippen molar-refractivity contribution in [3.63, 3.8) is 0 Å². The summed E-state index contributed by atoms with van der Waals surface area (Å²) in [6.07, 6.45) is 0. The highest BCUT2D eigenvalue weighted by molar-refractivity contribution is 6.78. The molecule has 0 aromatic heterocycles. The molecule has 0 amide bonds. The van der Waals surface area contributed by atoms with E-state index in [1.54, 1.807) is 43.3 Å². The van der Waals surface area contributed by atoms with E-state index >= 15 is 0 Å². The molecule has 0 aliphatic heterocycles. The third kappa shape index (κ3) is 2.60. The highest BCUT2D eigenvalue weighted by atomic mass is 19.1. The summed E-state index contributed by atoms with van der Waals surface area (Å²) in [5.74, 6) is -0.321. The normalized spacial score (nSPS) is 10.4. The zero-order valence-corrected chi connectivity index (χ0v) is 10.1. The summed E-state index contributed by atoms with van der Waals surface area (Å²) in [5.41, 5.74) is 2.54. The van der Waals surface area contributed by atoms with E-state index in [4.69, 9.17) is 5.11 Å². The van der Waals surface area contributed by atoms with Crippen LogP contribution in [0.1, 0.15) is 11.1 Å². The zero-order chi connectivity index (χ0) is 13.1. The Morgan fingerprint density at radius 1 is 1.06 bits per heavy atom. The van der Waals surface area contributed by atoms with E-state index in [0.717, 1.165) is 5.56 Å².